The van der Waals surface area contributed by atoms with Crippen LogP contribution in [0.15, 0.2) is 6.07 Å². The third kappa shape index (κ3) is 4.13. The summed E-state index contributed by atoms with van der Waals surface area (Å²) in [6, 6.07) is 1.60. The lowest BCUT2D eigenvalue weighted by Crippen LogP contribution is -2.16. The van der Waals surface area contributed by atoms with Gasteiger partial charge in [0.2, 0.25) is 0 Å². The van der Waals surface area contributed by atoms with E-state index in [-0.39, 0.29) is 0 Å². The van der Waals surface area contributed by atoms with Gasteiger partial charge in [-0.05, 0) is 28.7 Å². The van der Waals surface area contributed by atoms with Gasteiger partial charge in [-0.1, -0.05) is 37.2 Å². The third-order valence-corrected chi connectivity index (χ3v) is 4.93. The Morgan fingerprint density at radius 2 is 2.05 bits per heavy atom. The summed E-state index contributed by atoms with van der Waals surface area (Å²) >= 11 is 8.12. The molecule has 2 N–H and O–H groups in total. The Morgan fingerprint density at radius 3 is 2.53 bits per heavy atom. The fourth-order valence-electron chi connectivity index (χ4n) is 1.26. The Hall–Kier alpha value is -0.713. The average molecular weight is 408 g/mol. The molecule has 0 radical (unpaired) electrons. The number of esters is 1. The van der Waals surface area contributed by atoms with Crippen LogP contribution in [0.2, 0.25) is 24.7 Å². The van der Waals surface area contributed by atoms with Gasteiger partial charge in [0.25, 0.3) is 0 Å². The molecule has 0 saturated heterocycles. The van der Waals surface area contributed by atoms with Gasteiger partial charge < -0.3 is 10.5 Å². The van der Waals surface area contributed by atoms with Crippen molar-refractivity contribution in [1.29, 1.82) is 0 Å². The molecule has 1 rings (SSSR count). The zero-order valence-corrected chi connectivity index (χ0v) is 15.1. The van der Waals surface area contributed by atoms with Gasteiger partial charge in [0.15, 0.2) is 0 Å². The molecular formula is C13H15ClINO2Si. The number of rotatable bonds is 1. The van der Waals surface area contributed by atoms with E-state index < -0.39 is 14.0 Å². The van der Waals surface area contributed by atoms with E-state index in [1.165, 1.54) is 7.11 Å². The minimum absolute atomic E-state index is 0.294. The van der Waals surface area contributed by atoms with Crippen LogP contribution in [0.4, 0.5) is 5.69 Å². The first-order valence-corrected chi connectivity index (χ1v) is 10.5. The molecule has 0 fully saturated rings. The molecule has 0 bridgehead atoms. The Bertz CT molecular complexity index is 585. The molecule has 0 atom stereocenters. The molecule has 19 heavy (non-hydrogen) atoms. The largest absolute Gasteiger partial charge is 0.465 e. The molecule has 1 aromatic carbocycles. The lowest BCUT2D eigenvalue weighted by Gasteiger charge is -2.10. The molecule has 0 unspecified atom stereocenters. The zero-order valence-electron chi connectivity index (χ0n) is 11.2. The fourth-order valence-corrected chi connectivity index (χ4v) is 2.58. The van der Waals surface area contributed by atoms with Gasteiger partial charge in [0.05, 0.1) is 27.0 Å². The standard InChI is InChI=1S/C13H15ClINO2Si/c1-18-13(17)9-7-8(5-6-19(2,3)4)12(16)11(15)10(9)14/h7H,16H2,1-4H3. The van der Waals surface area contributed by atoms with Crippen molar-refractivity contribution < 1.29 is 9.53 Å². The van der Waals surface area contributed by atoms with Crippen molar-refractivity contribution >= 4 is 53.9 Å². The Morgan fingerprint density at radius 1 is 1.47 bits per heavy atom. The molecule has 102 valence electrons. The van der Waals surface area contributed by atoms with Crippen LogP contribution in [-0.4, -0.2) is 21.2 Å². The second-order valence-electron chi connectivity index (χ2n) is 5.00. The maximum absolute atomic E-state index is 11.7. The number of ether oxygens (including phenoxy) is 1. The SMILES string of the molecule is COC(=O)c1cc(C#C[Si](C)(C)C)c(N)c(I)c1Cl. The summed E-state index contributed by atoms with van der Waals surface area (Å²) in [6.45, 7) is 6.41. The van der Waals surface area contributed by atoms with Crippen LogP contribution >= 0.6 is 34.2 Å². The van der Waals surface area contributed by atoms with E-state index in [1.54, 1.807) is 6.07 Å². The Kier molecular flexibility index (Phi) is 5.30. The lowest BCUT2D eigenvalue weighted by atomic mass is 10.1. The van der Waals surface area contributed by atoms with Crippen LogP contribution in [-0.2, 0) is 4.74 Å². The highest BCUT2D eigenvalue weighted by Gasteiger charge is 2.18. The maximum atomic E-state index is 11.7. The topological polar surface area (TPSA) is 52.3 Å². The van der Waals surface area contributed by atoms with E-state index in [1.807, 2.05) is 22.6 Å². The van der Waals surface area contributed by atoms with E-state index in [0.29, 0.717) is 25.4 Å². The number of carbonyl (C=O) groups is 1. The number of nitrogen functional groups attached to an aromatic ring is 1. The Balaban J connectivity index is 3.45. The fraction of sp³-hybridized carbons (Fsp3) is 0.308. The number of halogens is 2. The summed E-state index contributed by atoms with van der Waals surface area (Å²) < 4.78 is 5.33. The van der Waals surface area contributed by atoms with Crippen molar-refractivity contribution in [2.45, 2.75) is 19.6 Å². The van der Waals surface area contributed by atoms with Crippen LogP contribution in [0.1, 0.15) is 15.9 Å². The molecule has 0 aliphatic heterocycles. The molecule has 1 aromatic rings. The van der Waals surface area contributed by atoms with E-state index in [0.717, 1.165) is 0 Å². The summed E-state index contributed by atoms with van der Waals surface area (Å²) in [7, 11) is -0.200. The van der Waals surface area contributed by atoms with Gasteiger partial charge in [-0.2, -0.15) is 0 Å². The van der Waals surface area contributed by atoms with Gasteiger partial charge in [-0.25, -0.2) is 4.79 Å². The van der Waals surface area contributed by atoms with E-state index in [4.69, 9.17) is 22.1 Å². The molecule has 0 spiro atoms. The second kappa shape index (κ2) is 6.16. The van der Waals surface area contributed by atoms with Crippen LogP contribution in [0.3, 0.4) is 0 Å². The van der Waals surface area contributed by atoms with Crippen LogP contribution in [0, 0.1) is 15.0 Å². The first-order chi connectivity index (χ1) is 8.67. The number of benzene rings is 1. The van der Waals surface area contributed by atoms with Crippen molar-refractivity contribution in [3.63, 3.8) is 0 Å². The van der Waals surface area contributed by atoms with Crippen molar-refractivity contribution in [2.24, 2.45) is 0 Å². The van der Waals surface area contributed by atoms with Gasteiger partial charge in [-0.3, -0.25) is 0 Å². The minimum atomic E-state index is -1.52. The van der Waals surface area contributed by atoms with Crippen molar-refractivity contribution in [3.05, 3.63) is 25.8 Å². The monoisotopic (exact) mass is 407 g/mol. The second-order valence-corrected chi connectivity index (χ2v) is 11.2. The Labute approximate surface area is 133 Å². The van der Waals surface area contributed by atoms with Crippen LogP contribution in [0.25, 0.3) is 0 Å². The predicted octanol–water partition coefficient (Wildman–Crippen LogP) is 3.54. The molecule has 0 saturated carbocycles. The zero-order chi connectivity index (χ0) is 14.8. The molecule has 0 aliphatic carbocycles. The third-order valence-electron chi connectivity index (χ3n) is 2.22. The molecule has 3 nitrogen and oxygen atoms in total. The quantitative estimate of drug-likeness (QED) is 0.255. The number of methoxy groups -OCH3 is 1. The van der Waals surface area contributed by atoms with Gasteiger partial charge >= 0.3 is 5.97 Å². The first-order valence-electron chi connectivity index (χ1n) is 5.56. The number of anilines is 1. The van der Waals surface area contributed by atoms with Gasteiger partial charge in [0.1, 0.15) is 8.07 Å². The summed E-state index contributed by atoms with van der Waals surface area (Å²) in [5.74, 6) is 2.57. The average Bonchev–Trinajstić information content (AvgIpc) is 2.33. The number of hydrogen-bond donors (Lipinski definition) is 1. The van der Waals surface area contributed by atoms with Crippen LogP contribution < -0.4 is 5.73 Å². The van der Waals surface area contributed by atoms with Gasteiger partial charge in [0, 0.05) is 5.56 Å². The number of hydrogen-bond acceptors (Lipinski definition) is 3. The van der Waals surface area contributed by atoms with E-state index in [9.17, 15) is 4.79 Å². The predicted molar refractivity (Wildman–Crippen MR) is 90.1 cm³/mol. The van der Waals surface area contributed by atoms with Crippen molar-refractivity contribution in [3.8, 4) is 11.5 Å². The number of carbonyl (C=O) groups excluding carboxylic acids is 1. The highest BCUT2D eigenvalue weighted by Crippen LogP contribution is 2.31. The lowest BCUT2D eigenvalue weighted by molar-refractivity contribution is 0.0601. The molecule has 0 aliphatic rings. The van der Waals surface area contributed by atoms with E-state index >= 15 is 0 Å². The number of nitrogens with two attached hydrogens (primary N) is 1. The highest BCUT2D eigenvalue weighted by molar-refractivity contribution is 14.1. The maximum Gasteiger partial charge on any atom is 0.339 e. The molecular weight excluding hydrogens is 393 g/mol. The first kappa shape index (κ1) is 16.3. The van der Waals surface area contributed by atoms with Gasteiger partial charge in [-0.15, -0.1) is 5.54 Å². The van der Waals surface area contributed by atoms with Crippen LogP contribution in [0.5, 0.6) is 0 Å². The summed E-state index contributed by atoms with van der Waals surface area (Å²) in [6.07, 6.45) is 0. The summed E-state index contributed by atoms with van der Waals surface area (Å²) in [5.41, 5.74) is 10.6. The highest BCUT2D eigenvalue weighted by atomic mass is 127. The van der Waals surface area contributed by atoms with Crippen molar-refractivity contribution in [2.75, 3.05) is 12.8 Å². The molecule has 0 heterocycles. The smallest absolute Gasteiger partial charge is 0.339 e. The molecule has 0 amide bonds. The summed E-state index contributed by atoms with van der Waals surface area (Å²) in [5, 5.41) is 0.309. The minimum Gasteiger partial charge on any atom is -0.465 e. The normalized spacial score (nSPS) is 10.6. The summed E-state index contributed by atoms with van der Waals surface area (Å²) in [4.78, 5) is 11.7. The molecule has 6 heteroatoms. The molecule has 0 aromatic heterocycles. The van der Waals surface area contributed by atoms with Crippen molar-refractivity contribution in [1.82, 2.24) is 0 Å². The van der Waals surface area contributed by atoms with E-state index in [2.05, 4.69) is 31.1 Å².